The molecule has 1 saturated heterocycles. The minimum atomic E-state index is -0.227. The van der Waals surface area contributed by atoms with Gasteiger partial charge in [-0.15, -0.1) is 0 Å². The number of nitrogens with one attached hydrogen (secondary N) is 1. The quantitative estimate of drug-likeness (QED) is 0.883. The molecule has 0 spiro atoms. The zero-order valence-corrected chi connectivity index (χ0v) is 13.3. The van der Waals surface area contributed by atoms with E-state index < -0.39 is 0 Å². The van der Waals surface area contributed by atoms with Gasteiger partial charge in [-0.1, -0.05) is 0 Å². The first-order valence-electron chi connectivity index (χ1n) is 8.01. The predicted molar refractivity (Wildman–Crippen MR) is 89.5 cm³/mol. The molecule has 3 rings (SSSR count). The van der Waals surface area contributed by atoms with Crippen LogP contribution in [-0.4, -0.2) is 37.1 Å². The van der Waals surface area contributed by atoms with E-state index in [4.69, 9.17) is 4.74 Å². The molecule has 0 bridgehead atoms. The first-order chi connectivity index (χ1) is 11.7. The zero-order valence-electron chi connectivity index (χ0n) is 13.3. The van der Waals surface area contributed by atoms with Crippen LogP contribution in [0.3, 0.4) is 0 Å². The van der Waals surface area contributed by atoms with E-state index in [1.807, 2.05) is 0 Å². The number of halogens is 1. The molecule has 1 atom stereocenters. The number of amides is 1. The first-order valence-corrected chi connectivity index (χ1v) is 8.01. The van der Waals surface area contributed by atoms with Crippen LogP contribution in [0.15, 0.2) is 48.8 Å². The second-order valence-electron chi connectivity index (χ2n) is 5.86. The maximum atomic E-state index is 13.0. The molecular weight excluding hydrogens is 309 g/mol. The van der Waals surface area contributed by atoms with Crippen LogP contribution in [0.1, 0.15) is 6.42 Å². The molecule has 1 aliphatic heterocycles. The van der Waals surface area contributed by atoms with Gasteiger partial charge < -0.3 is 15.0 Å². The first kappa shape index (κ1) is 16.2. The second-order valence-corrected chi connectivity index (χ2v) is 5.86. The molecular formula is C18H20FN3O2. The maximum Gasteiger partial charge on any atom is 0.257 e. The molecule has 24 heavy (non-hydrogen) atoms. The summed E-state index contributed by atoms with van der Waals surface area (Å²) in [5.74, 6) is 0.600. The van der Waals surface area contributed by atoms with Crippen LogP contribution >= 0.6 is 0 Å². The standard InChI is InChI=1S/C18H20FN3O2/c19-15-3-5-16(6-4-15)22-9-7-14(12-22)10-21-18(23)13-24-17-2-1-8-20-11-17/h1-6,8,11,14H,7,9-10,12-13H2,(H,21,23)/t14-/m1/s1. The largest absolute Gasteiger partial charge is 0.482 e. The van der Waals surface area contributed by atoms with Crippen molar-refractivity contribution in [3.8, 4) is 5.75 Å². The highest BCUT2D eigenvalue weighted by Crippen LogP contribution is 2.23. The lowest BCUT2D eigenvalue weighted by molar-refractivity contribution is -0.123. The number of hydrogen-bond donors (Lipinski definition) is 1. The fraction of sp³-hybridized carbons (Fsp3) is 0.333. The molecule has 0 unspecified atom stereocenters. The van der Waals surface area contributed by atoms with Crippen molar-refractivity contribution in [3.63, 3.8) is 0 Å². The highest BCUT2D eigenvalue weighted by Gasteiger charge is 2.23. The molecule has 1 N–H and O–H groups in total. The Morgan fingerprint density at radius 1 is 1.33 bits per heavy atom. The summed E-state index contributed by atoms with van der Waals surface area (Å²) in [7, 11) is 0. The Bertz CT molecular complexity index is 664. The third-order valence-electron chi connectivity index (χ3n) is 4.07. The Morgan fingerprint density at radius 2 is 2.17 bits per heavy atom. The summed E-state index contributed by atoms with van der Waals surface area (Å²) in [6.07, 6.45) is 4.23. The van der Waals surface area contributed by atoms with Crippen molar-refractivity contribution in [3.05, 3.63) is 54.6 Å². The molecule has 1 fully saturated rings. The van der Waals surface area contributed by atoms with Crippen molar-refractivity contribution in [2.45, 2.75) is 6.42 Å². The SMILES string of the molecule is O=C(COc1cccnc1)NC[C@H]1CCN(c2ccc(F)cc2)C1. The average molecular weight is 329 g/mol. The second kappa shape index (κ2) is 7.77. The Hall–Kier alpha value is -2.63. The van der Waals surface area contributed by atoms with E-state index in [2.05, 4.69) is 15.2 Å². The van der Waals surface area contributed by atoms with Crippen LogP contribution in [0.25, 0.3) is 0 Å². The third kappa shape index (κ3) is 4.44. The smallest absolute Gasteiger partial charge is 0.257 e. The Balaban J connectivity index is 1.39. The number of pyridine rings is 1. The van der Waals surface area contributed by atoms with Gasteiger partial charge in [0.2, 0.25) is 0 Å². The highest BCUT2D eigenvalue weighted by molar-refractivity contribution is 5.77. The van der Waals surface area contributed by atoms with Crippen LogP contribution < -0.4 is 15.0 Å². The van der Waals surface area contributed by atoms with Crippen molar-refractivity contribution < 1.29 is 13.9 Å². The molecule has 1 aromatic heterocycles. The number of anilines is 1. The zero-order chi connectivity index (χ0) is 16.8. The summed E-state index contributed by atoms with van der Waals surface area (Å²) >= 11 is 0. The van der Waals surface area contributed by atoms with Gasteiger partial charge >= 0.3 is 0 Å². The predicted octanol–water partition coefficient (Wildman–Crippen LogP) is 2.24. The number of nitrogens with zero attached hydrogens (tertiary/aromatic N) is 2. The molecule has 2 heterocycles. The van der Waals surface area contributed by atoms with E-state index in [9.17, 15) is 9.18 Å². The summed E-state index contributed by atoms with van der Waals surface area (Å²) in [5.41, 5.74) is 1.02. The summed E-state index contributed by atoms with van der Waals surface area (Å²) in [5, 5.41) is 2.90. The van der Waals surface area contributed by atoms with E-state index in [-0.39, 0.29) is 18.3 Å². The van der Waals surface area contributed by atoms with Crippen molar-refractivity contribution >= 4 is 11.6 Å². The summed E-state index contributed by atoms with van der Waals surface area (Å²) in [6, 6.07) is 10.0. The van der Waals surface area contributed by atoms with E-state index in [0.717, 1.165) is 25.2 Å². The van der Waals surface area contributed by atoms with Gasteiger partial charge in [-0.05, 0) is 48.7 Å². The van der Waals surface area contributed by atoms with Gasteiger partial charge in [0.25, 0.3) is 5.91 Å². The van der Waals surface area contributed by atoms with Gasteiger partial charge in [-0.3, -0.25) is 9.78 Å². The number of benzene rings is 1. The van der Waals surface area contributed by atoms with E-state index in [1.54, 1.807) is 36.7 Å². The monoisotopic (exact) mass is 329 g/mol. The molecule has 5 nitrogen and oxygen atoms in total. The fourth-order valence-corrected chi connectivity index (χ4v) is 2.78. The van der Waals surface area contributed by atoms with E-state index in [1.165, 1.54) is 12.1 Å². The van der Waals surface area contributed by atoms with Crippen LogP contribution in [0.2, 0.25) is 0 Å². The van der Waals surface area contributed by atoms with Gasteiger partial charge in [0.15, 0.2) is 6.61 Å². The molecule has 1 amide bonds. The number of carbonyl (C=O) groups is 1. The number of rotatable bonds is 6. The van der Waals surface area contributed by atoms with E-state index in [0.29, 0.717) is 18.2 Å². The van der Waals surface area contributed by atoms with Gasteiger partial charge in [0, 0.05) is 31.5 Å². The number of ether oxygens (including phenoxy) is 1. The number of aromatic nitrogens is 1. The van der Waals surface area contributed by atoms with Gasteiger partial charge in [0.05, 0.1) is 6.20 Å². The summed E-state index contributed by atoms with van der Waals surface area (Å²) < 4.78 is 18.3. The van der Waals surface area contributed by atoms with Crippen molar-refractivity contribution in [2.75, 3.05) is 31.1 Å². The lowest BCUT2D eigenvalue weighted by Crippen LogP contribution is -2.34. The Morgan fingerprint density at radius 3 is 2.92 bits per heavy atom. The van der Waals surface area contributed by atoms with Gasteiger partial charge in [0.1, 0.15) is 11.6 Å². The molecule has 0 radical (unpaired) electrons. The van der Waals surface area contributed by atoms with Crippen molar-refractivity contribution in [1.82, 2.24) is 10.3 Å². The van der Waals surface area contributed by atoms with Gasteiger partial charge in [-0.25, -0.2) is 4.39 Å². The van der Waals surface area contributed by atoms with E-state index >= 15 is 0 Å². The summed E-state index contributed by atoms with van der Waals surface area (Å²) in [6.45, 7) is 2.38. The minimum absolute atomic E-state index is 0.0138. The molecule has 1 aromatic carbocycles. The lowest BCUT2D eigenvalue weighted by Gasteiger charge is -2.18. The van der Waals surface area contributed by atoms with Crippen LogP contribution in [0.5, 0.6) is 5.75 Å². The Kier molecular flexibility index (Phi) is 5.25. The topological polar surface area (TPSA) is 54.5 Å². The molecule has 0 aliphatic carbocycles. The van der Waals surface area contributed by atoms with Crippen LogP contribution in [0, 0.1) is 11.7 Å². The lowest BCUT2D eigenvalue weighted by atomic mass is 10.1. The molecule has 1 aliphatic rings. The highest BCUT2D eigenvalue weighted by atomic mass is 19.1. The normalized spacial score (nSPS) is 16.9. The number of hydrogen-bond acceptors (Lipinski definition) is 4. The molecule has 0 saturated carbocycles. The third-order valence-corrected chi connectivity index (χ3v) is 4.07. The molecule has 126 valence electrons. The maximum absolute atomic E-state index is 13.0. The summed E-state index contributed by atoms with van der Waals surface area (Å²) in [4.78, 5) is 18.0. The van der Waals surface area contributed by atoms with Crippen LogP contribution in [0.4, 0.5) is 10.1 Å². The molecule has 6 heteroatoms. The number of carbonyl (C=O) groups excluding carboxylic acids is 1. The van der Waals surface area contributed by atoms with Gasteiger partial charge in [-0.2, -0.15) is 0 Å². The average Bonchev–Trinajstić information content (AvgIpc) is 3.09. The van der Waals surface area contributed by atoms with Crippen molar-refractivity contribution in [1.29, 1.82) is 0 Å². The minimum Gasteiger partial charge on any atom is -0.482 e. The Labute approximate surface area is 140 Å². The fourth-order valence-electron chi connectivity index (χ4n) is 2.78. The molecule has 2 aromatic rings. The van der Waals surface area contributed by atoms with Crippen molar-refractivity contribution in [2.24, 2.45) is 5.92 Å². The van der Waals surface area contributed by atoms with Crippen LogP contribution in [-0.2, 0) is 4.79 Å².